The van der Waals surface area contributed by atoms with Gasteiger partial charge < -0.3 is 5.32 Å². The highest BCUT2D eigenvalue weighted by Crippen LogP contribution is 2.21. The van der Waals surface area contributed by atoms with Crippen molar-refractivity contribution in [2.75, 3.05) is 6.54 Å². The van der Waals surface area contributed by atoms with Crippen molar-refractivity contribution < 1.29 is 0 Å². The molecule has 0 aromatic heterocycles. The van der Waals surface area contributed by atoms with E-state index in [4.69, 9.17) is 11.6 Å². The molecule has 0 radical (unpaired) electrons. The van der Waals surface area contributed by atoms with Gasteiger partial charge in [-0.15, -0.1) is 0 Å². The maximum Gasteiger partial charge on any atom is 0.0417 e. The largest absolute Gasteiger partial charge is 0.312 e. The number of hydrogen-bond acceptors (Lipinski definition) is 1. The van der Waals surface area contributed by atoms with Crippen LogP contribution in [0.1, 0.15) is 19.4 Å². The predicted octanol–water partition coefficient (Wildman–Crippen LogP) is 3.85. The molecule has 1 rings (SSSR count). The van der Waals surface area contributed by atoms with Crippen molar-refractivity contribution in [2.45, 2.75) is 20.4 Å². The van der Waals surface area contributed by atoms with Crippen molar-refractivity contribution in [1.82, 2.24) is 5.32 Å². The Bertz CT molecular complexity index is 299. The molecule has 0 saturated carbocycles. The molecule has 0 fully saturated rings. The molecule has 1 N–H and O–H groups in total. The van der Waals surface area contributed by atoms with Crippen LogP contribution in [0.5, 0.6) is 0 Å². The minimum Gasteiger partial charge on any atom is -0.312 e. The van der Waals surface area contributed by atoms with Crippen LogP contribution in [0.4, 0.5) is 0 Å². The van der Waals surface area contributed by atoms with Crippen LogP contribution in [0, 0.1) is 5.92 Å². The summed E-state index contributed by atoms with van der Waals surface area (Å²) in [6, 6.07) is 5.88. The minimum atomic E-state index is 0.682. The summed E-state index contributed by atoms with van der Waals surface area (Å²) in [4.78, 5) is 0. The molecule has 0 saturated heterocycles. The summed E-state index contributed by atoms with van der Waals surface area (Å²) in [5, 5.41) is 4.16. The molecule has 3 heteroatoms. The third-order valence-electron chi connectivity index (χ3n) is 1.88. The van der Waals surface area contributed by atoms with Crippen molar-refractivity contribution in [3.8, 4) is 0 Å². The highest BCUT2D eigenvalue weighted by atomic mass is 79.9. The van der Waals surface area contributed by atoms with E-state index < -0.39 is 0 Å². The number of hydrogen-bond donors (Lipinski definition) is 1. The van der Waals surface area contributed by atoms with E-state index >= 15 is 0 Å². The molecule has 78 valence electrons. The summed E-state index contributed by atoms with van der Waals surface area (Å²) in [6.07, 6.45) is 0. The zero-order chi connectivity index (χ0) is 10.6. The molecule has 0 bridgehead atoms. The molecule has 0 aliphatic rings. The van der Waals surface area contributed by atoms with Gasteiger partial charge in [-0.05, 0) is 30.2 Å². The van der Waals surface area contributed by atoms with Gasteiger partial charge in [-0.25, -0.2) is 0 Å². The first kappa shape index (κ1) is 12.0. The van der Waals surface area contributed by atoms with Crippen molar-refractivity contribution >= 4 is 27.5 Å². The zero-order valence-electron chi connectivity index (χ0n) is 8.48. The molecule has 14 heavy (non-hydrogen) atoms. The van der Waals surface area contributed by atoms with Crippen LogP contribution < -0.4 is 5.32 Å². The molecule has 1 aromatic carbocycles. The molecule has 0 aliphatic heterocycles. The predicted molar refractivity (Wildman–Crippen MR) is 65.7 cm³/mol. The molecule has 1 nitrogen and oxygen atoms in total. The standard InChI is InChI=1S/C11H15BrClN/c1-8(2)6-14-7-9-3-4-10(13)5-11(9)12/h3-5,8,14H,6-7H2,1-2H3. The van der Waals surface area contributed by atoms with Crippen LogP contribution in [-0.2, 0) is 6.54 Å². The van der Waals surface area contributed by atoms with Gasteiger partial charge in [0.2, 0.25) is 0 Å². The topological polar surface area (TPSA) is 12.0 Å². The van der Waals surface area contributed by atoms with Gasteiger partial charge in [0.15, 0.2) is 0 Å². The third kappa shape index (κ3) is 3.99. The Kier molecular flexibility index (Phi) is 4.93. The first-order chi connectivity index (χ1) is 6.59. The summed E-state index contributed by atoms with van der Waals surface area (Å²) in [7, 11) is 0. The minimum absolute atomic E-state index is 0.682. The monoisotopic (exact) mass is 275 g/mol. The molecule has 0 heterocycles. The Balaban J connectivity index is 2.51. The van der Waals surface area contributed by atoms with Crippen LogP contribution in [0.2, 0.25) is 5.02 Å². The molecule has 1 aromatic rings. The second-order valence-corrected chi connectivity index (χ2v) is 5.05. The Labute approximate surface area is 99.0 Å². The van der Waals surface area contributed by atoms with Crippen LogP contribution in [-0.4, -0.2) is 6.54 Å². The molecular formula is C11H15BrClN. The summed E-state index contributed by atoms with van der Waals surface area (Å²) >= 11 is 9.34. The van der Waals surface area contributed by atoms with E-state index in [0.717, 1.165) is 22.6 Å². The fourth-order valence-corrected chi connectivity index (χ4v) is 1.98. The molecule has 0 unspecified atom stereocenters. The van der Waals surface area contributed by atoms with E-state index in [1.54, 1.807) is 0 Å². The summed E-state index contributed by atoms with van der Waals surface area (Å²) < 4.78 is 1.07. The van der Waals surface area contributed by atoms with E-state index in [0.29, 0.717) is 5.92 Å². The van der Waals surface area contributed by atoms with Crippen LogP contribution in [0.3, 0.4) is 0 Å². The van der Waals surface area contributed by atoms with Gasteiger partial charge in [-0.1, -0.05) is 47.4 Å². The quantitative estimate of drug-likeness (QED) is 0.881. The Morgan fingerprint density at radius 3 is 2.71 bits per heavy atom. The lowest BCUT2D eigenvalue weighted by atomic mass is 10.2. The molecule has 0 amide bonds. The Morgan fingerprint density at radius 1 is 1.43 bits per heavy atom. The second kappa shape index (κ2) is 5.74. The van der Waals surface area contributed by atoms with E-state index in [1.807, 2.05) is 18.2 Å². The van der Waals surface area contributed by atoms with Crippen molar-refractivity contribution in [2.24, 2.45) is 5.92 Å². The number of rotatable bonds is 4. The van der Waals surface area contributed by atoms with Crippen molar-refractivity contribution in [1.29, 1.82) is 0 Å². The van der Waals surface area contributed by atoms with E-state index in [1.165, 1.54) is 5.56 Å². The molecular weight excluding hydrogens is 261 g/mol. The number of nitrogens with one attached hydrogen (secondary N) is 1. The van der Waals surface area contributed by atoms with Crippen LogP contribution in [0.25, 0.3) is 0 Å². The van der Waals surface area contributed by atoms with Gasteiger partial charge >= 0.3 is 0 Å². The first-order valence-electron chi connectivity index (χ1n) is 4.74. The maximum absolute atomic E-state index is 5.85. The van der Waals surface area contributed by atoms with Crippen LogP contribution >= 0.6 is 27.5 Å². The van der Waals surface area contributed by atoms with E-state index in [-0.39, 0.29) is 0 Å². The summed E-state index contributed by atoms with van der Waals surface area (Å²) in [5.41, 5.74) is 1.25. The van der Waals surface area contributed by atoms with Crippen molar-refractivity contribution in [3.63, 3.8) is 0 Å². The lowest BCUT2D eigenvalue weighted by Crippen LogP contribution is -2.19. The van der Waals surface area contributed by atoms with Gasteiger partial charge in [0.05, 0.1) is 0 Å². The number of benzene rings is 1. The van der Waals surface area contributed by atoms with Gasteiger partial charge in [0, 0.05) is 16.0 Å². The number of halogens is 2. The first-order valence-corrected chi connectivity index (χ1v) is 5.91. The van der Waals surface area contributed by atoms with E-state index in [9.17, 15) is 0 Å². The Morgan fingerprint density at radius 2 is 2.14 bits per heavy atom. The lowest BCUT2D eigenvalue weighted by Gasteiger charge is -2.08. The normalized spacial score (nSPS) is 10.9. The second-order valence-electron chi connectivity index (χ2n) is 3.76. The average molecular weight is 277 g/mol. The van der Waals surface area contributed by atoms with Crippen molar-refractivity contribution in [3.05, 3.63) is 33.3 Å². The lowest BCUT2D eigenvalue weighted by molar-refractivity contribution is 0.552. The zero-order valence-corrected chi connectivity index (χ0v) is 10.8. The highest BCUT2D eigenvalue weighted by molar-refractivity contribution is 9.10. The fraction of sp³-hybridized carbons (Fsp3) is 0.455. The third-order valence-corrected chi connectivity index (χ3v) is 2.86. The van der Waals surface area contributed by atoms with Gasteiger partial charge in [0.25, 0.3) is 0 Å². The highest BCUT2D eigenvalue weighted by Gasteiger charge is 2.00. The van der Waals surface area contributed by atoms with Gasteiger partial charge in [-0.2, -0.15) is 0 Å². The van der Waals surface area contributed by atoms with Crippen LogP contribution in [0.15, 0.2) is 22.7 Å². The average Bonchev–Trinajstić information content (AvgIpc) is 2.08. The SMILES string of the molecule is CC(C)CNCc1ccc(Cl)cc1Br. The van der Waals surface area contributed by atoms with Gasteiger partial charge in [-0.3, -0.25) is 0 Å². The van der Waals surface area contributed by atoms with E-state index in [2.05, 4.69) is 35.1 Å². The smallest absolute Gasteiger partial charge is 0.0417 e. The summed E-state index contributed by atoms with van der Waals surface area (Å²) in [6.45, 7) is 6.32. The maximum atomic E-state index is 5.85. The summed E-state index contributed by atoms with van der Waals surface area (Å²) in [5.74, 6) is 0.682. The molecule has 0 aliphatic carbocycles. The fourth-order valence-electron chi connectivity index (χ4n) is 1.16. The van der Waals surface area contributed by atoms with Gasteiger partial charge in [0.1, 0.15) is 0 Å². The Hall–Kier alpha value is -0.0500. The molecule has 0 atom stereocenters. The molecule has 0 spiro atoms.